The monoisotopic (exact) mass is 459 g/mol. The molecule has 1 N–H and O–H groups in total. The van der Waals surface area contributed by atoms with Crippen LogP contribution < -0.4 is 10.2 Å². The normalized spacial score (nSPS) is 17.9. The van der Waals surface area contributed by atoms with Gasteiger partial charge in [-0.2, -0.15) is 10.4 Å². The topological polar surface area (TPSA) is 100 Å². The van der Waals surface area contributed by atoms with E-state index in [-0.39, 0.29) is 17.3 Å². The van der Waals surface area contributed by atoms with Crippen molar-refractivity contribution >= 4 is 34.8 Å². The van der Waals surface area contributed by atoms with Crippen molar-refractivity contribution < 1.29 is 14.3 Å². The summed E-state index contributed by atoms with van der Waals surface area (Å²) in [6, 6.07) is 18.8. The standard InChI is InChI=1S/C24H21N5O3S/c1-3-32-24(31)20-18(14-28(27-20)16-10-5-4-6-11-16)21-26-22(30)17(13-25)23(33)29(21)19-12-8-7-9-15(19)2/h4-12,14,17,21H,3H2,1-2H3,(H,26,30)/t17-,21-/m0/s1. The minimum absolute atomic E-state index is 0.0581. The Morgan fingerprint density at radius 3 is 2.58 bits per heavy atom. The molecule has 9 heteroatoms. The van der Waals surface area contributed by atoms with Gasteiger partial charge in [0, 0.05) is 17.4 Å². The Balaban J connectivity index is 1.90. The van der Waals surface area contributed by atoms with E-state index in [1.54, 1.807) is 22.7 Å². The Bertz CT molecular complexity index is 1260. The number of ether oxygens (including phenoxy) is 1. The van der Waals surface area contributed by atoms with Crippen molar-refractivity contribution in [2.45, 2.75) is 20.0 Å². The number of nitrogens with one attached hydrogen (secondary N) is 1. The summed E-state index contributed by atoms with van der Waals surface area (Å²) in [4.78, 5) is 27.5. The van der Waals surface area contributed by atoms with E-state index in [1.807, 2.05) is 67.6 Å². The number of thiocarbonyl (C=S) groups is 1. The van der Waals surface area contributed by atoms with Gasteiger partial charge in [-0.05, 0) is 37.6 Å². The predicted octanol–water partition coefficient (Wildman–Crippen LogP) is 3.46. The second-order valence-electron chi connectivity index (χ2n) is 7.40. The zero-order chi connectivity index (χ0) is 23.5. The van der Waals surface area contributed by atoms with Gasteiger partial charge < -0.3 is 15.0 Å². The molecule has 0 saturated carbocycles. The van der Waals surface area contributed by atoms with Crippen LogP contribution in [0.1, 0.15) is 34.7 Å². The van der Waals surface area contributed by atoms with Gasteiger partial charge in [-0.25, -0.2) is 9.48 Å². The van der Waals surface area contributed by atoms with Gasteiger partial charge in [0.15, 0.2) is 11.6 Å². The SMILES string of the molecule is CCOC(=O)c1nn(-c2ccccc2)cc1[C@H]1NC(=O)[C@H](C#N)C(=S)N1c1ccccc1C. The molecule has 1 aliphatic heterocycles. The van der Waals surface area contributed by atoms with Crippen molar-refractivity contribution in [1.29, 1.82) is 5.26 Å². The molecular weight excluding hydrogens is 438 g/mol. The molecule has 0 unspecified atom stereocenters. The number of para-hydroxylation sites is 2. The summed E-state index contributed by atoms with van der Waals surface area (Å²) in [5.41, 5.74) is 2.81. The first-order valence-electron chi connectivity index (χ1n) is 10.4. The Hall–Kier alpha value is -4.03. The average Bonchev–Trinajstić information content (AvgIpc) is 3.26. The maximum atomic E-state index is 12.8. The molecule has 0 aliphatic carbocycles. The molecule has 1 aromatic heterocycles. The zero-order valence-electron chi connectivity index (χ0n) is 18.1. The Morgan fingerprint density at radius 1 is 1.21 bits per heavy atom. The summed E-state index contributed by atoms with van der Waals surface area (Å²) in [5, 5.41) is 16.9. The van der Waals surface area contributed by atoms with Crippen molar-refractivity contribution in [2.24, 2.45) is 5.92 Å². The van der Waals surface area contributed by atoms with E-state index < -0.39 is 24.0 Å². The van der Waals surface area contributed by atoms with Crippen LogP contribution in [0.4, 0.5) is 5.69 Å². The summed E-state index contributed by atoms with van der Waals surface area (Å²) < 4.78 is 6.80. The van der Waals surface area contributed by atoms with Gasteiger partial charge >= 0.3 is 5.97 Å². The minimum Gasteiger partial charge on any atom is -0.461 e. The van der Waals surface area contributed by atoms with Gasteiger partial charge in [-0.15, -0.1) is 0 Å². The molecular formula is C24H21N5O3S. The molecule has 0 radical (unpaired) electrons. The second kappa shape index (κ2) is 9.22. The molecule has 8 nitrogen and oxygen atoms in total. The number of aromatic nitrogens is 2. The van der Waals surface area contributed by atoms with Crippen LogP contribution in [-0.2, 0) is 9.53 Å². The number of hydrogen-bond donors (Lipinski definition) is 1. The smallest absolute Gasteiger partial charge is 0.359 e. The van der Waals surface area contributed by atoms with Crippen molar-refractivity contribution in [2.75, 3.05) is 11.5 Å². The molecule has 2 atom stereocenters. The van der Waals surface area contributed by atoms with Crippen LogP contribution in [0.25, 0.3) is 5.69 Å². The molecule has 0 spiro atoms. The van der Waals surface area contributed by atoms with E-state index in [9.17, 15) is 14.9 Å². The van der Waals surface area contributed by atoms with Crippen molar-refractivity contribution in [1.82, 2.24) is 15.1 Å². The maximum Gasteiger partial charge on any atom is 0.359 e. The largest absolute Gasteiger partial charge is 0.461 e. The summed E-state index contributed by atoms with van der Waals surface area (Å²) in [6.07, 6.45) is 0.820. The zero-order valence-corrected chi connectivity index (χ0v) is 18.9. The lowest BCUT2D eigenvalue weighted by atomic mass is 10.0. The third-order valence-corrected chi connectivity index (χ3v) is 5.75. The maximum absolute atomic E-state index is 12.8. The van der Waals surface area contributed by atoms with Crippen LogP contribution in [0.2, 0.25) is 0 Å². The molecule has 0 bridgehead atoms. The van der Waals surface area contributed by atoms with Crippen LogP contribution >= 0.6 is 12.2 Å². The third-order valence-electron chi connectivity index (χ3n) is 5.31. The molecule has 1 aliphatic rings. The van der Waals surface area contributed by atoms with Crippen LogP contribution in [0.15, 0.2) is 60.8 Å². The van der Waals surface area contributed by atoms with Crippen LogP contribution in [0.3, 0.4) is 0 Å². The van der Waals surface area contributed by atoms with Crippen molar-refractivity contribution in [3.8, 4) is 11.8 Å². The number of hydrogen-bond acceptors (Lipinski definition) is 6. The number of esters is 1. The van der Waals surface area contributed by atoms with Crippen molar-refractivity contribution in [3.63, 3.8) is 0 Å². The first-order valence-corrected chi connectivity index (χ1v) is 10.8. The first kappa shape index (κ1) is 22.2. The number of anilines is 1. The molecule has 2 heterocycles. The lowest BCUT2D eigenvalue weighted by Crippen LogP contribution is -2.56. The van der Waals surface area contributed by atoms with Crippen LogP contribution in [-0.4, -0.2) is 33.3 Å². The average molecular weight is 460 g/mol. The van der Waals surface area contributed by atoms with Crippen LogP contribution in [0.5, 0.6) is 0 Å². The summed E-state index contributed by atoms with van der Waals surface area (Å²) >= 11 is 5.60. The number of nitrogens with zero attached hydrogens (tertiary/aromatic N) is 4. The van der Waals surface area contributed by atoms with E-state index in [4.69, 9.17) is 17.0 Å². The van der Waals surface area contributed by atoms with Crippen molar-refractivity contribution in [3.05, 3.63) is 77.6 Å². The van der Waals surface area contributed by atoms with E-state index in [2.05, 4.69) is 10.4 Å². The number of nitriles is 1. The Morgan fingerprint density at radius 2 is 1.91 bits per heavy atom. The predicted molar refractivity (Wildman–Crippen MR) is 126 cm³/mol. The number of carbonyl (C=O) groups is 2. The summed E-state index contributed by atoms with van der Waals surface area (Å²) in [5.74, 6) is -2.28. The molecule has 2 aromatic carbocycles. The quantitative estimate of drug-likeness (QED) is 0.461. The number of aryl methyl sites for hydroxylation is 1. The van der Waals surface area contributed by atoms with Gasteiger partial charge in [0.25, 0.3) is 0 Å². The van der Waals surface area contributed by atoms with E-state index in [0.717, 1.165) is 16.9 Å². The third kappa shape index (κ3) is 4.08. The van der Waals surface area contributed by atoms with Gasteiger partial charge in [0.2, 0.25) is 5.91 Å². The number of benzene rings is 2. The van der Waals surface area contributed by atoms with E-state index in [1.165, 1.54) is 0 Å². The molecule has 1 fully saturated rings. The second-order valence-corrected chi connectivity index (χ2v) is 7.82. The number of carbonyl (C=O) groups excluding carboxylic acids is 2. The Labute approximate surface area is 196 Å². The Kier molecular flexibility index (Phi) is 6.20. The van der Waals surface area contributed by atoms with E-state index in [0.29, 0.717) is 5.56 Å². The molecule has 33 heavy (non-hydrogen) atoms. The van der Waals surface area contributed by atoms with Gasteiger partial charge in [0.1, 0.15) is 11.2 Å². The fourth-order valence-corrected chi connectivity index (χ4v) is 4.11. The molecule has 3 aromatic rings. The number of rotatable bonds is 5. The lowest BCUT2D eigenvalue weighted by molar-refractivity contribution is -0.123. The summed E-state index contributed by atoms with van der Waals surface area (Å²) in [7, 11) is 0. The van der Waals surface area contributed by atoms with E-state index >= 15 is 0 Å². The summed E-state index contributed by atoms with van der Waals surface area (Å²) in [6.45, 7) is 3.79. The minimum atomic E-state index is -1.13. The molecule has 1 saturated heterocycles. The van der Waals surface area contributed by atoms with Crippen LogP contribution in [0, 0.1) is 24.2 Å². The molecule has 1 amide bonds. The highest BCUT2D eigenvalue weighted by molar-refractivity contribution is 7.80. The van der Waals surface area contributed by atoms with Gasteiger partial charge in [-0.3, -0.25) is 4.79 Å². The lowest BCUT2D eigenvalue weighted by Gasteiger charge is -2.40. The fourth-order valence-electron chi connectivity index (χ4n) is 3.74. The van der Waals surface area contributed by atoms with Gasteiger partial charge in [-0.1, -0.05) is 48.6 Å². The highest BCUT2D eigenvalue weighted by Gasteiger charge is 2.42. The highest BCUT2D eigenvalue weighted by Crippen LogP contribution is 2.35. The van der Waals surface area contributed by atoms with Gasteiger partial charge in [0.05, 0.1) is 18.4 Å². The number of amides is 1. The molecule has 166 valence electrons. The first-order chi connectivity index (χ1) is 16.0. The molecule has 4 rings (SSSR count). The fraction of sp³-hybridized carbons (Fsp3) is 0.208. The highest BCUT2D eigenvalue weighted by atomic mass is 32.1.